The van der Waals surface area contributed by atoms with Crippen molar-refractivity contribution in [2.75, 3.05) is 13.2 Å². The van der Waals surface area contributed by atoms with Crippen LogP contribution in [0.25, 0.3) is 0 Å². The Balaban J connectivity index is 1.98. The van der Waals surface area contributed by atoms with Gasteiger partial charge in [-0.1, -0.05) is 12.8 Å². The van der Waals surface area contributed by atoms with Crippen molar-refractivity contribution in [1.82, 2.24) is 0 Å². The van der Waals surface area contributed by atoms with Crippen molar-refractivity contribution in [3.8, 4) is 0 Å². The van der Waals surface area contributed by atoms with Crippen molar-refractivity contribution in [3.63, 3.8) is 0 Å². The summed E-state index contributed by atoms with van der Waals surface area (Å²) in [5.41, 5.74) is 0. The van der Waals surface area contributed by atoms with Gasteiger partial charge in [0.15, 0.2) is 0 Å². The van der Waals surface area contributed by atoms with E-state index in [4.69, 9.17) is 8.37 Å². The summed E-state index contributed by atoms with van der Waals surface area (Å²) in [4.78, 5) is 0. The van der Waals surface area contributed by atoms with Gasteiger partial charge in [-0.3, -0.25) is 8.37 Å². The lowest BCUT2D eigenvalue weighted by atomic mass is 9.80. The fourth-order valence-electron chi connectivity index (χ4n) is 2.04. The van der Waals surface area contributed by atoms with E-state index in [1.54, 1.807) is 0 Å². The predicted molar refractivity (Wildman–Crippen MR) is 45.5 cm³/mol. The summed E-state index contributed by atoms with van der Waals surface area (Å²) < 4.78 is 20.9. The molecule has 1 heterocycles. The van der Waals surface area contributed by atoms with Crippen LogP contribution in [-0.4, -0.2) is 17.4 Å². The highest BCUT2D eigenvalue weighted by Gasteiger charge is 2.29. The Bertz CT molecular complexity index is 165. The molecule has 4 heteroatoms. The first-order valence-corrected chi connectivity index (χ1v) is 5.54. The highest BCUT2D eigenvalue weighted by molar-refractivity contribution is 7.75. The van der Waals surface area contributed by atoms with Crippen LogP contribution >= 0.6 is 0 Å². The van der Waals surface area contributed by atoms with Crippen LogP contribution in [0.2, 0.25) is 0 Å². The number of fused-ring (bicyclic) bond motifs is 1. The molecule has 3 nitrogen and oxygen atoms in total. The van der Waals surface area contributed by atoms with E-state index in [0.29, 0.717) is 25.0 Å². The Labute approximate surface area is 75.3 Å². The predicted octanol–water partition coefficient (Wildman–Crippen LogP) is 1.42. The average molecular weight is 190 g/mol. The van der Waals surface area contributed by atoms with Crippen LogP contribution in [0.3, 0.4) is 0 Å². The first-order valence-electron chi connectivity index (χ1n) is 4.54. The molecule has 2 aliphatic rings. The molecule has 12 heavy (non-hydrogen) atoms. The van der Waals surface area contributed by atoms with Crippen LogP contribution < -0.4 is 0 Å². The molecule has 0 aromatic heterocycles. The van der Waals surface area contributed by atoms with E-state index in [1.165, 1.54) is 25.7 Å². The third-order valence-electron chi connectivity index (χ3n) is 2.82. The van der Waals surface area contributed by atoms with Gasteiger partial charge in [-0.2, -0.15) is 4.21 Å². The summed E-state index contributed by atoms with van der Waals surface area (Å²) in [5.74, 6) is 1.18. The zero-order chi connectivity index (χ0) is 8.39. The van der Waals surface area contributed by atoms with Gasteiger partial charge < -0.3 is 0 Å². The summed E-state index contributed by atoms with van der Waals surface area (Å²) in [6.45, 7) is 1.24. The van der Waals surface area contributed by atoms with E-state index < -0.39 is 11.4 Å². The molecule has 0 bridgehead atoms. The molecular weight excluding hydrogens is 176 g/mol. The Hall–Kier alpha value is 0.0700. The lowest BCUT2D eigenvalue weighted by Crippen LogP contribution is -2.24. The molecular formula is C8H14O3S. The maximum atomic E-state index is 10.9. The van der Waals surface area contributed by atoms with Crippen molar-refractivity contribution >= 4 is 11.4 Å². The van der Waals surface area contributed by atoms with E-state index in [2.05, 4.69) is 0 Å². The second-order valence-corrected chi connectivity index (χ2v) is 4.46. The van der Waals surface area contributed by atoms with E-state index >= 15 is 0 Å². The van der Waals surface area contributed by atoms with Gasteiger partial charge in [-0.15, -0.1) is 0 Å². The maximum absolute atomic E-state index is 10.9. The van der Waals surface area contributed by atoms with Crippen molar-refractivity contribution in [3.05, 3.63) is 0 Å². The number of rotatable bonds is 0. The van der Waals surface area contributed by atoms with Gasteiger partial charge in [0.25, 0.3) is 0 Å². The number of hydrogen-bond donors (Lipinski definition) is 0. The zero-order valence-corrected chi connectivity index (χ0v) is 7.85. The molecule has 3 atom stereocenters. The SMILES string of the molecule is O=S1OC[C@H]2CCCC[C@H]2CO1. The van der Waals surface area contributed by atoms with Crippen LogP contribution in [0, 0.1) is 11.8 Å². The topological polar surface area (TPSA) is 35.5 Å². The Morgan fingerprint density at radius 2 is 1.50 bits per heavy atom. The lowest BCUT2D eigenvalue weighted by Gasteiger charge is -2.27. The first kappa shape index (κ1) is 8.66. The molecule has 0 aromatic carbocycles. The molecule has 2 rings (SSSR count). The highest BCUT2D eigenvalue weighted by Crippen LogP contribution is 2.32. The molecule has 2 fully saturated rings. The molecule has 0 aromatic rings. The minimum Gasteiger partial charge on any atom is -0.268 e. The van der Waals surface area contributed by atoms with E-state index in [9.17, 15) is 4.21 Å². The summed E-state index contributed by atoms with van der Waals surface area (Å²) in [6.07, 6.45) is 5.00. The van der Waals surface area contributed by atoms with E-state index in [1.807, 2.05) is 0 Å². The normalized spacial score (nSPS) is 43.2. The molecule has 1 saturated heterocycles. The van der Waals surface area contributed by atoms with E-state index in [0.717, 1.165) is 0 Å². The summed E-state index contributed by atoms with van der Waals surface area (Å²) in [6, 6.07) is 0. The second kappa shape index (κ2) is 3.85. The lowest BCUT2D eigenvalue weighted by molar-refractivity contribution is 0.156. The largest absolute Gasteiger partial charge is 0.304 e. The monoisotopic (exact) mass is 190 g/mol. The van der Waals surface area contributed by atoms with Gasteiger partial charge in [0.05, 0.1) is 13.2 Å². The molecule has 1 unspecified atom stereocenters. The summed E-state index contributed by atoms with van der Waals surface area (Å²) >= 11 is -1.47. The Kier molecular flexibility index (Phi) is 2.78. The van der Waals surface area contributed by atoms with Crippen LogP contribution in [0.4, 0.5) is 0 Å². The summed E-state index contributed by atoms with van der Waals surface area (Å²) in [7, 11) is 0. The van der Waals surface area contributed by atoms with Gasteiger partial charge in [0.2, 0.25) is 0 Å². The minimum absolute atomic E-state index is 0.588. The molecule has 0 spiro atoms. The minimum atomic E-state index is -1.47. The molecule has 1 aliphatic carbocycles. The fraction of sp³-hybridized carbons (Fsp3) is 1.00. The van der Waals surface area contributed by atoms with E-state index in [-0.39, 0.29) is 0 Å². The molecule has 0 radical (unpaired) electrons. The quantitative estimate of drug-likeness (QED) is 0.579. The van der Waals surface area contributed by atoms with Gasteiger partial charge in [-0.05, 0) is 24.7 Å². The molecule has 1 saturated carbocycles. The molecule has 1 aliphatic heterocycles. The van der Waals surface area contributed by atoms with Crippen LogP contribution in [-0.2, 0) is 19.7 Å². The number of hydrogen-bond acceptors (Lipinski definition) is 3. The van der Waals surface area contributed by atoms with Crippen molar-refractivity contribution in [2.24, 2.45) is 11.8 Å². The average Bonchev–Trinajstić information content (AvgIpc) is 2.29. The summed E-state index contributed by atoms with van der Waals surface area (Å²) in [5, 5.41) is 0. The highest BCUT2D eigenvalue weighted by atomic mass is 32.2. The van der Waals surface area contributed by atoms with Crippen molar-refractivity contribution in [1.29, 1.82) is 0 Å². The molecule has 0 N–H and O–H groups in total. The van der Waals surface area contributed by atoms with Crippen molar-refractivity contribution < 1.29 is 12.6 Å². The molecule has 0 amide bonds. The third kappa shape index (κ3) is 1.87. The first-order chi connectivity index (χ1) is 5.86. The standard InChI is InChI=1S/C8H14O3S/c9-12-10-5-7-3-1-2-4-8(7)6-11-12/h7-8H,1-6H2/t7-,8+,12?. The second-order valence-electron chi connectivity index (χ2n) is 3.58. The fourth-order valence-corrected chi connectivity index (χ4v) is 2.68. The van der Waals surface area contributed by atoms with Gasteiger partial charge in [0, 0.05) is 0 Å². The van der Waals surface area contributed by atoms with Crippen molar-refractivity contribution in [2.45, 2.75) is 25.7 Å². The van der Waals surface area contributed by atoms with Gasteiger partial charge in [-0.25, -0.2) is 0 Å². The zero-order valence-electron chi connectivity index (χ0n) is 7.03. The molecule has 70 valence electrons. The van der Waals surface area contributed by atoms with Crippen LogP contribution in [0.5, 0.6) is 0 Å². The Morgan fingerprint density at radius 3 is 2.00 bits per heavy atom. The van der Waals surface area contributed by atoms with Gasteiger partial charge >= 0.3 is 11.4 Å². The van der Waals surface area contributed by atoms with Gasteiger partial charge in [0.1, 0.15) is 0 Å². The third-order valence-corrected chi connectivity index (χ3v) is 3.48. The Morgan fingerprint density at radius 1 is 1.00 bits per heavy atom. The smallest absolute Gasteiger partial charge is 0.268 e. The maximum Gasteiger partial charge on any atom is 0.304 e. The van der Waals surface area contributed by atoms with Crippen LogP contribution in [0.1, 0.15) is 25.7 Å². The van der Waals surface area contributed by atoms with Crippen LogP contribution in [0.15, 0.2) is 0 Å².